The van der Waals surface area contributed by atoms with Gasteiger partial charge in [0.15, 0.2) is 0 Å². The number of benzene rings is 1. The van der Waals surface area contributed by atoms with Crippen LogP contribution in [0.3, 0.4) is 0 Å². The van der Waals surface area contributed by atoms with Crippen molar-refractivity contribution in [2.75, 3.05) is 49.7 Å². The molecule has 0 spiro atoms. The van der Waals surface area contributed by atoms with E-state index in [4.69, 9.17) is 0 Å². The zero-order chi connectivity index (χ0) is 18.1. The van der Waals surface area contributed by atoms with Crippen molar-refractivity contribution in [1.82, 2.24) is 15.5 Å². The van der Waals surface area contributed by atoms with Gasteiger partial charge in [-0.05, 0) is 37.6 Å². The Hall–Kier alpha value is -1.35. The molecule has 1 amide bonds. The summed E-state index contributed by atoms with van der Waals surface area (Å²) < 4.78 is 26.1. The van der Waals surface area contributed by atoms with Gasteiger partial charge in [-0.15, -0.1) is 12.4 Å². The first-order valence-electron chi connectivity index (χ1n) is 8.82. The minimum atomic E-state index is -3.35. The summed E-state index contributed by atoms with van der Waals surface area (Å²) in [6.07, 6.45) is 1.44. The smallest absolute Gasteiger partial charge is 0.251 e. The van der Waals surface area contributed by atoms with Gasteiger partial charge in [-0.2, -0.15) is 0 Å². The Bertz CT molecular complexity index is 664. The zero-order valence-electron chi connectivity index (χ0n) is 15.2. The first-order chi connectivity index (χ1) is 12.0. The Morgan fingerprint density at radius 1 is 1.27 bits per heavy atom. The predicted octanol–water partition coefficient (Wildman–Crippen LogP) is 1.29. The lowest BCUT2D eigenvalue weighted by Gasteiger charge is -2.27. The average Bonchev–Trinajstić information content (AvgIpc) is 2.59. The van der Waals surface area contributed by atoms with Crippen molar-refractivity contribution >= 4 is 34.0 Å². The lowest BCUT2D eigenvalue weighted by Crippen LogP contribution is -2.44. The van der Waals surface area contributed by atoms with Crippen LogP contribution >= 0.6 is 12.4 Å². The molecule has 3 N–H and O–H groups in total. The molecule has 1 aromatic carbocycles. The average molecular weight is 405 g/mol. The van der Waals surface area contributed by atoms with Crippen LogP contribution in [0.1, 0.15) is 30.1 Å². The molecule has 148 valence electrons. The van der Waals surface area contributed by atoms with Gasteiger partial charge in [0.2, 0.25) is 10.0 Å². The van der Waals surface area contributed by atoms with E-state index in [9.17, 15) is 13.2 Å². The maximum Gasteiger partial charge on any atom is 0.251 e. The summed E-state index contributed by atoms with van der Waals surface area (Å²) in [5.74, 6) is -0.119. The number of halogens is 1. The number of rotatable bonds is 9. The van der Waals surface area contributed by atoms with Crippen LogP contribution < -0.4 is 15.4 Å². The standard InChI is InChI=1S/C17H28N4O3S.ClH/c1-2-13-25(23,24)20-16-6-3-5-15(14-16)17(22)19-7-4-10-21-11-8-18-9-12-21;/h3,5-6,14,18,20H,2,4,7-13H2,1H3,(H,19,22);1H. The summed E-state index contributed by atoms with van der Waals surface area (Å²) >= 11 is 0. The first kappa shape index (κ1) is 22.7. The Labute approximate surface area is 162 Å². The van der Waals surface area contributed by atoms with Crippen LogP contribution in [0.4, 0.5) is 5.69 Å². The molecule has 1 heterocycles. The molecule has 0 aromatic heterocycles. The van der Waals surface area contributed by atoms with Crippen LogP contribution in [0.25, 0.3) is 0 Å². The fraction of sp³-hybridized carbons (Fsp3) is 0.588. The highest BCUT2D eigenvalue weighted by atomic mass is 35.5. The van der Waals surface area contributed by atoms with Gasteiger partial charge in [0.25, 0.3) is 5.91 Å². The molecule has 0 aliphatic carbocycles. The second-order valence-electron chi connectivity index (χ2n) is 6.20. The molecule has 7 nitrogen and oxygen atoms in total. The topological polar surface area (TPSA) is 90.5 Å². The molecular formula is C17H29ClN4O3S. The van der Waals surface area contributed by atoms with Crippen LogP contribution in [-0.2, 0) is 10.0 Å². The highest BCUT2D eigenvalue weighted by Gasteiger charge is 2.12. The van der Waals surface area contributed by atoms with Gasteiger partial charge >= 0.3 is 0 Å². The summed E-state index contributed by atoms with van der Waals surface area (Å²) in [5, 5.41) is 6.21. The molecule has 0 atom stereocenters. The third-order valence-corrected chi connectivity index (χ3v) is 5.51. The van der Waals surface area contributed by atoms with Crippen molar-refractivity contribution in [3.05, 3.63) is 29.8 Å². The number of hydrogen-bond donors (Lipinski definition) is 3. The van der Waals surface area contributed by atoms with Gasteiger partial charge in [0.05, 0.1) is 5.75 Å². The number of hydrogen-bond acceptors (Lipinski definition) is 5. The molecule has 0 radical (unpaired) electrons. The van der Waals surface area contributed by atoms with Crippen LogP contribution in [0.5, 0.6) is 0 Å². The van der Waals surface area contributed by atoms with E-state index in [1.54, 1.807) is 24.3 Å². The molecule has 1 saturated heterocycles. The lowest BCUT2D eigenvalue weighted by molar-refractivity contribution is 0.0951. The molecular weight excluding hydrogens is 376 g/mol. The fourth-order valence-corrected chi connectivity index (χ4v) is 3.89. The Morgan fingerprint density at radius 3 is 2.69 bits per heavy atom. The third kappa shape index (κ3) is 7.90. The van der Waals surface area contributed by atoms with Crippen molar-refractivity contribution in [3.63, 3.8) is 0 Å². The van der Waals surface area contributed by atoms with E-state index in [2.05, 4.69) is 20.3 Å². The minimum absolute atomic E-state index is 0. The molecule has 26 heavy (non-hydrogen) atoms. The van der Waals surface area contributed by atoms with Crippen LogP contribution in [0.15, 0.2) is 24.3 Å². The van der Waals surface area contributed by atoms with Gasteiger partial charge in [0, 0.05) is 44.0 Å². The van der Waals surface area contributed by atoms with Crippen molar-refractivity contribution in [2.24, 2.45) is 0 Å². The van der Waals surface area contributed by atoms with E-state index in [-0.39, 0.29) is 24.1 Å². The summed E-state index contributed by atoms with van der Waals surface area (Å²) in [5.41, 5.74) is 0.876. The SMILES string of the molecule is CCCS(=O)(=O)Nc1cccc(C(=O)NCCCN2CCNCC2)c1.Cl. The predicted molar refractivity (Wildman–Crippen MR) is 108 cm³/mol. The molecule has 0 saturated carbocycles. The number of carbonyl (C=O) groups excluding carboxylic acids is 1. The van der Waals surface area contributed by atoms with Crippen molar-refractivity contribution in [1.29, 1.82) is 0 Å². The van der Waals surface area contributed by atoms with Gasteiger partial charge in [-0.25, -0.2) is 8.42 Å². The Balaban J connectivity index is 0.00000338. The summed E-state index contributed by atoms with van der Waals surface area (Å²) in [6.45, 7) is 7.53. The number of anilines is 1. The number of piperazine rings is 1. The third-order valence-electron chi connectivity index (χ3n) is 4.02. The van der Waals surface area contributed by atoms with E-state index in [1.807, 2.05) is 6.92 Å². The largest absolute Gasteiger partial charge is 0.352 e. The van der Waals surface area contributed by atoms with Crippen molar-refractivity contribution in [2.45, 2.75) is 19.8 Å². The first-order valence-corrected chi connectivity index (χ1v) is 10.5. The highest BCUT2D eigenvalue weighted by molar-refractivity contribution is 7.92. The quantitative estimate of drug-likeness (QED) is 0.539. The molecule has 1 fully saturated rings. The number of nitrogens with one attached hydrogen (secondary N) is 3. The van der Waals surface area contributed by atoms with Gasteiger partial charge in [-0.1, -0.05) is 13.0 Å². The van der Waals surface area contributed by atoms with Crippen molar-refractivity contribution < 1.29 is 13.2 Å². The second kappa shape index (κ2) is 11.4. The molecule has 2 rings (SSSR count). The minimum Gasteiger partial charge on any atom is -0.352 e. The highest BCUT2D eigenvalue weighted by Crippen LogP contribution is 2.13. The lowest BCUT2D eigenvalue weighted by atomic mass is 10.2. The summed E-state index contributed by atoms with van der Waals surface area (Å²) in [7, 11) is -3.35. The van der Waals surface area contributed by atoms with E-state index >= 15 is 0 Å². The van der Waals surface area contributed by atoms with Crippen molar-refractivity contribution in [3.8, 4) is 0 Å². The van der Waals surface area contributed by atoms with E-state index in [1.165, 1.54) is 0 Å². The van der Waals surface area contributed by atoms with Gasteiger partial charge in [0.1, 0.15) is 0 Å². The normalized spacial score (nSPS) is 15.1. The van der Waals surface area contributed by atoms with E-state index < -0.39 is 10.0 Å². The molecule has 0 bridgehead atoms. The maximum absolute atomic E-state index is 12.2. The van der Waals surface area contributed by atoms with Gasteiger partial charge in [-0.3, -0.25) is 9.52 Å². The van der Waals surface area contributed by atoms with Gasteiger partial charge < -0.3 is 15.5 Å². The molecule has 1 aliphatic rings. The fourth-order valence-electron chi connectivity index (χ4n) is 2.76. The number of nitrogens with zero attached hydrogens (tertiary/aromatic N) is 1. The maximum atomic E-state index is 12.2. The van der Waals surface area contributed by atoms with E-state index in [0.29, 0.717) is 24.2 Å². The number of sulfonamides is 1. The summed E-state index contributed by atoms with van der Waals surface area (Å²) in [6, 6.07) is 6.58. The number of carbonyl (C=O) groups is 1. The number of amides is 1. The molecule has 9 heteroatoms. The van der Waals surface area contributed by atoms with Crippen LogP contribution in [-0.4, -0.2) is 64.2 Å². The molecule has 1 aliphatic heterocycles. The Morgan fingerprint density at radius 2 is 2.00 bits per heavy atom. The zero-order valence-corrected chi connectivity index (χ0v) is 16.8. The van der Waals surface area contributed by atoms with Crippen LogP contribution in [0.2, 0.25) is 0 Å². The van der Waals surface area contributed by atoms with E-state index in [0.717, 1.165) is 39.1 Å². The Kier molecular flexibility index (Phi) is 9.93. The monoisotopic (exact) mass is 404 g/mol. The van der Waals surface area contributed by atoms with Crippen LogP contribution in [0, 0.1) is 0 Å². The molecule has 1 aromatic rings. The molecule has 0 unspecified atom stereocenters. The summed E-state index contributed by atoms with van der Waals surface area (Å²) in [4.78, 5) is 14.6. The second-order valence-corrected chi connectivity index (χ2v) is 8.04.